The van der Waals surface area contributed by atoms with Crippen molar-refractivity contribution in [2.24, 2.45) is 0 Å². The summed E-state index contributed by atoms with van der Waals surface area (Å²) in [6, 6.07) is 12.9. The van der Waals surface area contributed by atoms with Crippen molar-refractivity contribution in [3.05, 3.63) is 54.6 Å². The third kappa shape index (κ3) is 3.96. The SMILES string of the molecule is CC(Sc1ccc(S(=O)(=O)N2CCCC2)cn1)c1nnc(-c2ccccc2)o1. The molecule has 0 spiro atoms. The maximum absolute atomic E-state index is 12.6. The van der Waals surface area contributed by atoms with Crippen LogP contribution in [0.25, 0.3) is 11.5 Å². The van der Waals surface area contributed by atoms with Crippen LogP contribution >= 0.6 is 11.8 Å². The molecule has 0 saturated carbocycles. The molecule has 1 unspecified atom stereocenters. The number of rotatable bonds is 6. The molecular formula is C19H20N4O3S2. The van der Waals surface area contributed by atoms with E-state index in [0.29, 0.717) is 29.9 Å². The summed E-state index contributed by atoms with van der Waals surface area (Å²) in [6.07, 6.45) is 3.24. The molecule has 2 aromatic heterocycles. The lowest BCUT2D eigenvalue weighted by Crippen LogP contribution is -2.27. The summed E-state index contributed by atoms with van der Waals surface area (Å²) in [5, 5.41) is 8.82. The van der Waals surface area contributed by atoms with Crippen LogP contribution in [0, 0.1) is 0 Å². The van der Waals surface area contributed by atoms with Gasteiger partial charge in [-0.25, -0.2) is 13.4 Å². The largest absolute Gasteiger partial charge is 0.419 e. The standard InChI is InChI=1S/C19H20N4O3S2/c1-14(18-21-22-19(26-18)15-7-3-2-4-8-15)27-17-10-9-16(13-20-17)28(24,25)23-11-5-6-12-23/h2-4,7-10,13-14H,5-6,11-12H2,1H3. The van der Waals surface area contributed by atoms with Gasteiger partial charge in [-0.1, -0.05) is 30.0 Å². The summed E-state index contributed by atoms with van der Waals surface area (Å²) < 4.78 is 32.4. The van der Waals surface area contributed by atoms with Gasteiger partial charge in [0.2, 0.25) is 21.8 Å². The molecule has 4 rings (SSSR count). The molecule has 0 amide bonds. The molecule has 1 aliphatic rings. The topological polar surface area (TPSA) is 89.2 Å². The van der Waals surface area contributed by atoms with Crippen LogP contribution in [0.4, 0.5) is 0 Å². The lowest BCUT2D eigenvalue weighted by molar-refractivity contribution is 0.477. The summed E-state index contributed by atoms with van der Waals surface area (Å²) in [5.41, 5.74) is 0.869. The van der Waals surface area contributed by atoms with Gasteiger partial charge in [-0.05, 0) is 44.0 Å². The van der Waals surface area contributed by atoms with Crippen LogP contribution in [-0.4, -0.2) is 41.0 Å². The van der Waals surface area contributed by atoms with Gasteiger partial charge in [-0.15, -0.1) is 10.2 Å². The van der Waals surface area contributed by atoms with Crippen molar-refractivity contribution in [2.45, 2.75) is 34.9 Å². The second-order valence-corrected chi connectivity index (χ2v) is 9.81. The summed E-state index contributed by atoms with van der Waals surface area (Å²) in [4.78, 5) is 4.55. The minimum absolute atomic E-state index is 0.112. The Morgan fingerprint density at radius 3 is 2.50 bits per heavy atom. The van der Waals surface area contributed by atoms with Crippen LogP contribution in [0.2, 0.25) is 0 Å². The Balaban J connectivity index is 1.45. The van der Waals surface area contributed by atoms with E-state index in [2.05, 4.69) is 15.2 Å². The number of nitrogens with zero attached hydrogens (tertiary/aromatic N) is 4. The van der Waals surface area contributed by atoms with Crippen molar-refractivity contribution in [3.63, 3.8) is 0 Å². The Morgan fingerprint density at radius 1 is 1.07 bits per heavy atom. The van der Waals surface area contributed by atoms with Gasteiger partial charge in [0.15, 0.2) is 0 Å². The summed E-state index contributed by atoms with van der Waals surface area (Å²) in [6.45, 7) is 3.11. The van der Waals surface area contributed by atoms with Gasteiger partial charge in [-0.3, -0.25) is 0 Å². The Morgan fingerprint density at radius 2 is 1.82 bits per heavy atom. The van der Waals surface area contributed by atoms with Gasteiger partial charge < -0.3 is 4.42 Å². The molecule has 0 N–H and O–H groups in total. The summed E-state index contributed by atoms with van der Waals surface area (Å²) >= 11 is 1.44. The van der Waals surface area contributed by atoms with Crippen molar-refractivity contribution >= 4 is 21.8 Å². The van der Waals surface area contributed by atoms with E-state index in [1.165, 1.54) is 22.3 Å². The van der Waals surface area contributed by atoms with Gasteiger partial charge in [0.05, 0.1) is 10.3 Å². The normalized spacial score (nSPS) is 16.3. The molecule has 1 fully saturated rings. The molecular weight excluding hydrogens is 396 g/mol. The number of aromatic nitrogens is 3. The van der Waals surface area contributed by atoms with Crippen LogP contribution in [0.3, 0.4) is 0 Å². The van der Waals surface area contributed by atoms with Gasteiger partial charge in [0.25, 0.3) is 0 Å². The molecule has 7 nitrogen and oxygen atoms in total. The Labute approximate surface area is 168 Å². The first-order chi connectivity index (χ1) is 13.5. The highest BCUT2D eigenvalue weighted by Gasteiger charge is 2.27. The number of sulfonamides is 1. The zero-order valence-corrected chi connectivity index (χ0v) is 17.0. The van der Waals surface area contributed by atoms with E-state index in [-0.39, 0.29) is 10.1 Å². The lowest BCUT2D eigenvalue weighted by Gasteiger charge is -2.15. The molecule has 1 aliphatic heterocycles. The minimum atomic E-state index is -3.44. The molecule has 1 atom stereocenters. The highest BCUT2D eigenvalue weighted by Crippen LogP contribution is 2.34. The van der Waals surface area contributed by atoms with Crippen LogP contribution in [0.15, 0.2) is 63.0 Å². The predicted octanol–water partition coefficient (Wildman–Crippen LogP) is 3.77. The van der Waals surface area contributed by atoms with E-state index in [9.17, 15) is 8.42 Å². The zero-order chi connectivity index (χ0) is 19.6. The van der Waals surface area contributed by atoms with E-state index in [1.54, 1.807) is 12.1 Å². The molecule has 0 radical (unpaired) electrons. The Hall–Kier alpha value is -2.23. The van der Waals surface area contributed by atoms with Gasteiger partial charge >= 0.3 is 0 Å². The highest BCUT2D eigenvalue weighted by molar-refractivity contribution is 7.99. The Kier molecular flexibility index (Phi) is 5.47. The van der Waals surface area contributed by atoms with Crippen LogP contribution < -0.4 is 0 Å². The third-order valence-electron chi connectivity index (χ3n) is 4.52. The number of benzene rings is 1. The van der Waals surface area contributed by atoms with E-state index < -0.39 is 10.0 Å². The molecule has 1 saturated heterocycles. The fraction of sp³-hybridized carbons (Fsp3) is 0.316. The first-order valence-electron chi connectivity index (χ1n) is 9.06. The minimum Gasteiger partial charge on any atom is -0.419 e. The second kappa shape index (κ2) is 8.02. The van der Waals surface area contributed by atoms with E-state index in [0.717, 1.165) is 18.4 Å². The number of hydrogen-bond acceptors (Lipinski definition) is 7. The van der Waals surface area contributed by atoms with E-state index in [1.807, 2.05) is 37.3 Å². The maximum Gasteiger partial charge on any atom is 0.247 e. The maximum atomic E-state index is 12.6. The molecule has 28 heavy (non-hydrogen) atoms. The van der Waals surface area contributed by atoms with Crippen molar-refractivity contribution < 1.29 is 12.8 Å². The van der Waals surface area contributed by atoms with Crippen LogP contribution in [-0.2, 0) is 10.0 Å². The average molecular weight is 417 g/mol. The first kappa shape index (κ1) is 19.1. The summed E-state index contributed by atoms with van der Waals surface area (Å²) in [7, 11) is -3.44. The molecule has 3 heterocycles. The van der Waals surface area contributed by atoms with Gasteiger partial charge in [-0.2, -0.15) is 4.31 Å². The number of thioether (sulfide) groups is 1. The monoisotopic (exact) mass is 416 g/mol. The van der Waals surface area contributed by atoms with Crippen LogP contribution in [0.1, 0.15) is 30.9 Å². The number of hydrogen-bond donors (Lipinski definition) is 0. The zero-order valence-electron chi connectivity index (χ0n) is 15.4. The van der Waals surface area contributed by atoms with Crippen LogP contribution in [0.5, 0.6) is 0 Å². The lowest BCUT2D eigenvalue weighted by atomic mass is 10.2. The van der Waals surface area contributed by atoms with Crippen molar-refractivity contribution in [2.75, 3.05) is 13.1 Å². The molecule has 9 heteroatoms. The quantitative estimate of drug-likeness (QED) is 0.565. The summed E-state index contributed by atoms with van der Waals surface area (Å²) in [5.74, 6) is 0.975. The molecule has 3 aromatic rings. The smallest absolute Gasteiger partial charge is 0.247 e. The second-order valence-electron chi connectivity index (χ2n) is 6.51. The molecule has 0 aliphatic carbocycles. The van der Waals surface area contributed by atoms with Crippen molar-refractivity contribution in [3.8, 4) is 11.5 Å². The Bertz CT molecular complexity index is 1030. The molecule has 0 bridgehead atoms. The fourth-order valence-corrected chi connectivity index (χ4v) is 5.28. The van der Waals surface area contributed by atoms with Gasteiger partial charge in [0, 0.05) is 24.8 Å². The number of pyridine rings is 1. The van der Waals surface area contributed by atoms with E-state index >= 15 is 0 Å². The predicted molar refractivity (Wildman–Crippen MR) is 106 cm³/mol. The average Bonchev–Trinajstić information content (AvgIpc) is 3.42. The molecule has 146 valence electrons. The van der Waals surface area contributed by atoms with Crippen molar-refractivity contribution in [1.29, 1.82) is 0 Å². The first-order valence-corrected chi connectivity index (χ1v) is 11.4. The fourth-order valence-electron chi connectivity index (χ4n) is 2.99. The highest BCUT2D eigenvalue weighted by atomic mass is 32.2. The third-order valence-corrected chi connectivity index (χ3v) is 7.44. The van der Waals surface area contributed by atoms with E-state index in [4.69, 9.17) is 4.42 Å². The molecule has 1 aromatic carbocycles. The van der Waals surface area contributed by atoms with Gasteiger partial charge in [0.1, 0.15) is 4.90 Å². The van der Waals surface area contributed by atoms with Crippen molar-refractivity contribution in [1.82, 2.24) is 19.5 Å².